The topological polar surface area (TPSA) is 29.9 Å². The minimum Gasteiger partial charge on any atom is -0.313 e. The summed E-state index contributed by atoms with van der Waals surface area (Å²) in [6.07, 6.45) is 0. The van der Waals surface area contributed by atoms with E-state index >= 15 is 0 Å². The van der Waals surface area contributed by atoms with Crippen molar-refractivity contribution in [1.29, 1.82) is 0 Å². The molecule has 0 saturated heterocycles. The molecule has 0 aliphatic heterocycles. The quantitative estimate of drug-likeness (QED) is 0.848. The Bertz CT molecular complexity index is 490. The van der Waals surface area contributed by atoms with Gasteiger partial charge >= 0.3 is 0 Å². The van der Waals surface area contributed by atoms with Gasteiger partial charge in [-0.25, -0.2) is 0 Å². The summed E-state index contributed by atoms with van der Waals surface area (Å²) in [6, 6.07) is 6.50. The van der Waals surface area contributed by atoms with E-state index in [9.17, 15) is 0 Å². The molecule has 0 saturated carbocycles. The van der Waals surface area contributed by atoms with Crippen LogP contribution in [0.5, 0.6) is 0 Å². The van der Waals surface area contributed by atoms with E-state index in [2.05, 4.69) is 29.5 Å². The van der Waals surface area contributed by atoms with Crippen molar-refractivity contribution in [3.8, 4) is 0 Å². The van der Waals surface area contributed by atoms with E-state index in [1.807, 2.05) is 20.2 Å². The van der Waals surface area contributed by atoms with Crippen molar-refractivity contribution < 1.29 is 0 Å². The Morgan fingerprint density at radius 1 is 1.47 bits per heavy atom. The third-order valence-electron chi connectivity index (χ3n) is 2.72. The normalized spacial score (nSPS) is 13.3. The van der Waals surface area contributed by atoms with Crippen LogP contribution in [0.4, 0.5) is 0 Å². The maximum atomic E-state index is 6.09. The van der Waals surface area contributed by atoms with E-state index in [1.54, 1.807) is 4.68 Å². The molecule has 0 bridgehead atoms. The van der Waals surface area contributed by atoms with Crippen LogP contribution < -0.4 is 5.32 Å². The highest BCUT2D eigenvalue weighted by atomic mass is 35.5. The molecule has 4 heteroatoms. The lowest BCUT2D eigenvalue weighted by molar-refractivity contribution is 0.653. The van der Waals surface area contributed by atoms with E-state index in [0.29, 0.717) is 11.2 Å². The first-order valence-electron chi connectivity index (χ1n) is 4.93. The molecule has 15 heavy (non-hydrogen) atoms. The highest BCUT2D eigenvalue weighted by Crippen LogP contribution is 2.25. The zero-order chi connectivity index (χ0) is 11.0. The Morgan fingerprint density at radius 2 is 2.20 bits per heavy atom. The summed E-state index contributed by atoms with van der Waals surface area (Å²) in [6.45, 7) is 2.12. The Hall–Kier alpha value is -1.06. The Labute approximate surface area is 94.0 Å². The lowest BCUT2D eigenvalue weighted by Gasteiger charge is -2.09. The summed E-state index contributed by atoms with van der Waals surface area (Å²) < 4.78 is 1.69. The van der Waals surface area contributed by atoms with E-state index in [0.717, 1.165) is 10.9 Å². The molecule has 1 aromatic heterocycles. The van der Waals surface area contributed by atoms with Crippen molar-refractivity contribution >= 4 is 22.5 Å². The van der Waals surface area contributed by atoms with Crippen molar-refractivity contribution in [1.82, 2.24) is 15.1 Å². The van der Waals surface area contributed by atoms with E-state index in [4.69, 9.17) is 11.6 Å². The second kappa shape index (κ2) is 3.83. The third-order valence-corrected chi connectivity index (χ3v) is 3.17. The van der Waals surface area contributed by atoms with Crippen LogP contribution in [0, 0.1) is 0 Å². The number of rotatable bonds is 2. The molecular formula is C11H14ClN3. The van der Waals surface area contributed by atoms with Crippen LogP contribution >= 0.6 is 11.6 Å². The number of aryl methyl sites for hydroxylation is 1. The summed E-state index contributed by atoms with van der Waals surface area (Å²) in [4.78, 5) is 0. The second-order valence-electron chi connectivity index (χ2n) is 3.70. The molecule has 2 aromatic rings. The fraction of sp³-hybridized carbons (Fsp3) is 0.364. The van der Waals surface area contributed by atoms with Crippen LogP contribution in [0.1, 0.15) is 18.5 Å². The Kier molecular flexibility index (Phi) is 2.67. The van der Waals surface area contributed by atoms with Crippen molar-refractivity contribution in [2.75, 3.05) is 7.05 Å². The first-order valence-corrected chi connectivity index (χ1v) is 5.30. The average Bonchev–Trinajstić information content (AvgIpc) is 2.53. The van der Waals surface area contributed by atoms with Gasteiger partial charge < -0.3 is 5.32 Å². The maximum absolute atomic E-state index is 6.09. The van der Waals surface area contributed by atoms with E-state index in [-0.39, 0.29) is 0 Å². The summed E-state index contributed by atoms with van der Waals surface area (Å²) in [5.41, 5.74) is 2.17. The summed E-state index contributed by atoms with van der Waals surface area (Å²) in [5, 5.41) is 9.24. The molecule has 1 aromatic carbocycles. The number of aromatic nitrogens is 2. The van der Waals surface area contributed by atoms with Crippen molar-refractivity contribution in [3.63, 3.8) is 0 Å². The van der Waals surface area contributed by atoms with Gasteiger partial charge in [0.1, 0.15) is 5.15 Å². The molecule has 2 rings (SSSR count). The number of fused-ring (bicyclic) bond motifs is 1. The summed E-state index contributed by atoms with van der Waals surface area (Å²) in [7, 11) is 3.80. The van der Waals surface area contributed by atoms with Gasteiger partial charge in [-0.1, -0.05) is 17.7 Å². The smallest absolute Gasteiger partial charge is 0.134 e. The number of halogens is 1. The highest BCUT2D eigenvalue weighted by Gasteiger charge is 2.09. The van der Waals surface area contributed by atoms with Gasteiger partial charge in [-0.2, -0.15) is 5.10 Å². The predicted octanol–water partition coefficient (Wildman–Crippen LogP) is 2.51. The van der Waals surface area contributed by atoms with Crippen LogP contribution in [-0.2, 0) is 7.05 Å². The maximum Gasteiger partial charge on any atom is 0.134 e. The molecule has 1 atom stereocenters. The molecule has 1 N–H and O–H groups in total. The minimum absolute atomic E-state index is 0.329. The number of benzene rings is 1. The van der Waals surface area contributed by atoms with Crippen LogP contribution in [-0.4, -0.2) is 16.8 Å². The minimum atomic E-state index is 0.329. The SMILES string of the molecule is CNC(C)c1ccc2c(Cl)n(C)nc2c1. The number of hydrogen-bond acceptors (Lipinski definition) is 2. The molecule has 0 aliphatic carbocycles. The van der Waals surface area contributed by atoms with E-state index in [1.165, 1.54) is 5.56 Å². The first kappa shape index (κ1) is 10.5. The number of nitrogens with one attached hydrogen (secondary N) is 1. The van der Waals surface area contributed by atoms with Crippen LogP contribution in [0.3, 0.4) is 0 Å². The summed E-state index contributed by atoms with van der Waals surface area (Å²) in [5.74, 6) is 0. The molecule has 0 amide bonds. The Morgan fingerprint density at radius 3 is 2.87 bits per heavy atom. The average molecular weight is 224 g/mol. The van der Waals surface area contributed by atoms with E-state index < -0.39 is 0 Å². The van der Waals surface area contributed by atoms with Crippen LogP contribution in [0.15, 0.2) is 18.2 Å². The van der Waals surface area contributed by atoms with Gasteiger partial charge in [0, 0.05) is 18.5 Å². The Balaban J connectivity index is 2.57. The molecular weight excluding hydrogens is 210 g/mol. The van der Waals surface area contributed by atoms with Gasteiger partial charge in [-0.05, 0) is 31.7 Å². The number of nitrogens with zero attached hydrogens (tertiary/aromatic N) is 2. The van der Waals surface area contributed by atoms with Gasteiger partial charge in [0.05, 0.1) is 5.52 Å². The zero-order valence-corrected chi connectivity index (χ0v) is 9.84. The molecule has 3 nitrogen and oxygen atoms in total. The van der Waals surface area contributed by atoms with Gasteiger partial charge in [-0.3, -0.25) is 4.68 Å². The predicted molar refractivity (Wildman–Crippen MR) is 63.2 cm³/mol. The molecule has 0 aliphatic rings. The molecule has 0 radical (unpaired) electrons. The highest BCUT2D eigenvalue weighted by molar-refractivity contribution is 6.34. The van der Waals surface area contributed by atoms with Crippen LogP contribution in [0.2, 0.25) is 5.15 Å². The van der Waals surface area contributed by atoms with Gasteiger partial charge in [0.25, 0.3) is 0 Å². The lowest BCUT2D eigenvalue weighted by atomic mass is 10.1. The molecule has 80 valence electrons. The first-order chi connectivity index (χ1) is 7.13. The van der Waals surface area contributed by atoms with Gasteiger partial charge in [-0.15, -0.1) is 0 Å². The van der Waals surface area contributed by atoms with Crippen LogP contribution in [0.25, 0.3) is 10.9 Å². The second-order valence-corrected chi connectivity index (χ2v) is 4.06. The molecule has 1 heterocycles. The standard InChI is InChI=1S/C11H14ClN3/c1-7(13-2)8-4-5-9-10(6-8)14-15(3)11(9)12/h4-7,13H,1-3H3. The molecule has 0 fully saturated rings. The largest absolute Gasteiger partial charge is 0.313 e. The molecule has 1 unspecified atom stereocenters. The summed E-state index contributed by atoms with van der Waals surface area (Å²) >= 11 is 6.09. The zero-order valence-electron chi connectivity index (χ0n) is 9.08. The van der Waals surface area contributed by atoms with Gasteiger partial charge in [0.15, 0.2) is 0 Å². The van der Waals surface area contributed by atoms with Crippen molar-refractivity contribution in [2.24, 2.45) is 7.05 Å². The van der Waals surface area contributed by atoms with Crippen molar-refractivity contribution in [3.05, 3.63) is 28.9 Å². The fourth-order valence-corrected chi connectivity index (χ4v) is 1.82. The monoisotopic (exact) mass is 223 g/mol. The molecule has 0 spiro atoms. The third kappa shape index (κ3) is 1.73. The fourth-order valence-electron chi connectivity index (χ4n) is 1.62. The van der Waals surface area contributed by atoms with Gasteiger partial charge in [0.2, 0.25) is 0 Å². The van der Waals surface area contributed by atoms with Crippen molar-refractivity contribution in [2.45, 2.75) is 13.0 Å². The number of hydrogen-bond donors (Lipinski definition) is 1. The lowest BCUT2D eigenvalue weighted by Crippen LogP contribution is -2.11.